The summed E-state index contributed by atoms with van der Waals surface area (Å²) >= 11 is 0. The van der Waals surface area contributed by atoms with Gasteiger partial charge in [-0.05, 0) is 42.7 Å². The Labute approximate surface area is 184 Å². The van der Waals surface area contributed by atoms with Crippen molar-refractivity contribution in [3.05, 3.63) is 65.6 Å². The van der Waals surface area contributed by atoms with E-state index in [9.17, 15) is 14.0 Å². The van der Waals surface area contributed by atoms with Crippen LogP contribution in [0.25, 0.3) is 0 Å². The van der Waals surface area contributed by atoms with E-state index >= 15 is 0 Å². The Morgan fingerprint density at radius 2 is 2.00 bits per heavy atom. The molecule has 0 aliphatic carbocycles. The molecule has 1 aliphatic heterocycles. The molecule has 1 fully saturated rings. The van der Waals surface area contributed by atoms with Gasteiger partial charge in [0.25, 0.3) is 5.91 Å². The molecule has 0 spiro atoms. The number of nitrogens with two attached hydrogens (primary N) is 1. The van der Waals surface area contributed by atoms with Gasteiger partial charge in [0.1, 0.15) is 17.2 Å². The predicted molar refractivity (Wildman–Crippen MR) is 121 cm³/mol. The van der Waals surface area contributed by atoms with Gasteiger partial charge in [-0.25, -0.2) is 9.37 Å². The van der Waals surface area contributed by atoms with Crippen LogP contribution in [0.1, 0.15) is 35.7 Å². The van der Waals surface area contributed by atoms with Crippen molar-refractivity contribution in [2.45, 2.75) is 26.2 Å². The van der Waals surface area contributed by atoms with Gasteiger partial charge >= 0.3 is 0 Å². The second kappa shape index (κ2) is 9.01. The highest BCUT2D eigenvalue weighted by Gasteiger charge is 2.23. The van der Waals surface area contributed by atoms with E-state index < -0.39 is 11.7 Å². The fraction of sp³-hybridized carbons (Fsp3) is 0.217. The maximum atomic E-state index is 14.5. The first-order valence-electron chi connectivity index (χ1n) is 10.3. The molecule has 9 heteroatoms. The van der Waals surface area contributed by atoms with Gasteiger partial charge < -0.3 is 21.3 Å². The maximum Gasteiger partial charge on any atom is 0.254 e. The zero-order valence-corrected chi connectivity index (χ0v) is 17.6. The molecule has 164 valence electrons. The number of hydrogen-bond acceptors (Lipinski definition) is 6. The fourth-order valence-electron chi connectivity index (χ4n) is 3.61. The van der Waals surface area contributed by atoms with Gasteiger partial charge in [-0.15, -0.1) is 0 Å². The number of para-hydroxylation sites is 1. The van der Waals surface area contributed by atoms with Gasteiger partial charge in [-0.2, -0.15) is 4.98 Å². The van der Waals surface area contributed by atoms with Crippen molar-refractivity contribution >= 4 is 40.6 Å². The van der Waals surface area contributed by atoms with Crippen LogP contribution in [0, 0.1) is 5.82 Å². The minimum Gasteiger partial charge on any atom is -0.365 e. The van der Waals surface area contributed by atoms with Crippen molar-refractivity contribution < 1.29 is 14.0 Å². The van der Waals surface area contributed by atoms with E-state index in [1.54, 1.807) is 17.0 Å². The lowest BCUT2D eigenvalue weighted by Crippen LogP contribution is -2.23. The molecule has 1 saturated heterocycles. The third kappa shape index (κ3) is 4.36. The third-order valence-electron chi connectivity index (χ3n) is 5.29. The number of amides is 2. The number of benzene rings is 2. The van der Waals surface area contributed by atoms with E-state index in [1.165, 1.54) is 12.3 Å². The maximum absolute atomic E-state index is 14.5. The molecule has 0 unspecified atom stereocenters. The van der Waals surface area contributed by atoms with Crippen molar-refractivity contribution in [1.82, 2.24) is 9.97 Å². The molecule has 0 saturated carbocycles. The molecule has 1 aliphatic rings. The molecular formula is C23H23FN6O2. The summed E-state index contributed by atoms with van der Waals surface area (Å²) in [5, 5.41) is 5.98. The van der Waals surface area contributed by atoms with E-state index in [0.29, 0.717) is 18.7 Å². The van der Waals surface area contributed by atoms with Crippen LogP contribution in [0.15, 0.2) is 48.7 Å². The Morgan fingerprint density at radius 3 is 2.72 bits per heavy atom. The number of halogens is 1. The lowest BCUT2D eigenvalue weighted by atomic mass is 10.1. The van der Waals surface area contributed by atoms with Crippen LogP contribution in [-0.2, 0) is 11.2 Å². The Bertz CT molecular complexity index is 1180. The number of hydrogen-bond donors (Lipinski definition) is 3. The standard InChI is InChI=1S/C23H23FN6O2/c1-2-14-6-3-4-7-18(14)27-22-16(21(25)32)13-26-23(29-22)28-19-12-15(9-10-17(19)24)30-11-5-8-20(30)31/h3-4,6-7,9-10,12-13H,2,5,8,11H2,1H3,(H2,25,32)(H2,26,27,28,29). The average molecular weight is 434 g/mol. The van der Waals surface area contributed by atoms with Gasteiger partial charge in [-0.3, -0.25) is 9.59 Å². The molecule has 3 aromatic rings. The van der Waals surface area contributed by atoms with Crippen molar-refractivity contribution in [3.63, 3.8) is 0 Å². The number of aromatic nitrogens is 2. The molecule has 2 aromatic carbocycles. The van der Waals surface area contributed by atoms with E-state index in [4.69, 9.17) is 5.73 Å². The van der Waals surface area contributed by atoms with E-state index in [0.717, 1.165) is 24.1 Å². The van der Waals surface area contributed by atoms with E-state index in [2.05, 4.69) is 20.6 Å². The van der Waals surface area contributed by atoms with Crippen molar-refractivity contribution in [2.24, 2.45) is 5.73 Å². The number of primary amides is 1. The summed E-state index contributed by atoms with van der Waals surface area (Å²) in [4.78, 5) is 34.0. The summed E-state index contributed by atoms with van der Waals surface area (Å²) in [5.74, 6) is -0.911. The summed E-state index contributed by atoms with van der Waals surface area (Å²) in [5.41, 5.74) is 8.13. The highest BCUT2D eigenvalue weighted by Crippen LogP contribution is 2.29. The minimum atomic E-state index is -0.686. The van der Waals surface area contributed by atoms with Crippen LogP contribution in [0.4, 0.5) is 33.2 Å². The van der Waals surface area contributed by atoms with Gasteiger partial charge in [0.15, 0.2) is 0 Å². The monoisotopic (exact) mass is 434 g/mol. The SMILES string of the molecule is CCc1ccccc1Nc1nc(Nc2cc(N3CCCC3=O)ccc2F)ncc1C(N)=O. The second-order valence-electron chi connectivity index (χ2n) is 7.39. The predicted octanol–water partition coefficient (Wildman–Crippen LogP) is 3.89. The summed E-state index contributed by atoms with van der Waals surface area (Å²) in [6.45, 7) is 2.61. The number of carbonyl (C=O) groups excluding carboxylic acids is 2. The topological polar surface area (TPSA) is 113 Å². The molecule has 0 bridgehead atoms. The first kappa shape index (κ1) is 21.2. The average Bonchev–Trinajstić information content (AvgIpc) is 3.21. The van der Waals surface area contributed by atoms with Gasteiger partial charge in [0, 0.05) is 30.5 Å². The zero-order valence-electron chi connectivity index (χ0n) is 17.6. The molecule has 0 atom stereocenters. The lowest BCUT2D eigenvalue weighted by Gasteiger charge is -2.18. The highest BCUT2D eigenvalue weighted by molar-refractivity contribution is 5.98. The normalized spacial score (nSPS) is 13.3. The summed E-state index contributed by atoms with van der Waals surface area (Å²) in [7, 11) is 0. The Morgan fingerprint density at radius 1 is 1.19 bits per heavy atom. The largest absolute Gasteiger partial charge is 0.365 e. The van der Waals surface area contributed by atoms with Gasteiger partial charge in [-0.1, -0.05) is 25.1 Å². The van der Waals surface area contributed by atoms with Crippen LogP contribution in [0.2, 0.25) is 0 Å². The highest BCUT2D eigenvalue weighted by atomic mass is 19.1. The molecule has 2 heterocycles. The minimum absolute atomic E-state index is 0.00527. The third-order valence-corrected chi connectivity index (χ3v) is 5.29. The molecule has 4 N–H and O–H groups in total. The fourth-order valence-corrected chi connectivity index (χ4v) is 3.61. The molecule has 32 heavy (non-hydrogen) atoms. The quantitative estimate of drug-likeness (QED) is 0.520. The molecule has 1 aromatic heterocycles. The number of carbonyl (C=O) groups is 2. The lowest BCUT2D eigenvalue weighted by molar-refractivity contribution is -0.117. The van der Waals surface area contributed by atoms with E-state index in [-0.39, 0.29) is 28.9 Å². The summed E-state index contributed by atoms with van der Waals surface area (Å²) in [6.07, 6.45) is 3.32. The number of anilines is 5. The molecule has 0 radical (unpaired) electrons. The summed E-state index contributed by atoms with van der Waals surface area (Å²) in [6, 6.07) is 12.0. The first-order chi connectivity index (χ1) is 15.5. The smallest absolute Gasteiger partial charge is 0.254 e. The second-order valence-corrected chi connectivity index (χ2v) is 7.39. The molecule has 4 rings (SSSR count). The Balaban J connectivity index is 1.66. The molecule has 8 nitrogen and oxygen atoms in total. The van der Waals surface area contributed by atoms with Gasteiger partial charge in [0.2, 0.25) is 11.9 Å². The van der Waals surface area contributed by atoms with Crippen LogP contribution in [0.3, 0.4) is 0 Å². The number of aryl methyl sites for hydroxylation is 1. The number of nitrogens with one attached hydrogen (secondary N) is 2. The van der Waals surface area contributed by atoms with E-state index in [1.807, 2.05) is 31.2 Å². The van der Waals surface area contributed by atoms with Crippen molar-refractivity contribution in [1.29, 1.82) is 0 Å². The van der Waals surface area contributed by atoms with Crippen LogP contribution < -0.4 is 21.3 Å². The van der Waals surface area contributed by atoms with Crippen molar-refractivity contribution in [3.8, 4) is 0 Å². The Hall–Kier alpha value is -4.01. The Kier molecular flexibility index (Phi) is 5.98. The first-order valence-corrected chi connectivity index (χ1v) is 10.3. The zero-order chi connectivity index (χ0) is 22.7. The van der Waals surface area contributed by atoms with Crippen LogP contribution in [-0.4, -0.2) is 28.3 Å². The number of rotatable bonds is 7. The van der Waals surface area contributed by atoms with Crippen LogP contribution >= 0.6 is 0 Å². The van der Waals surface area contributed by atoms with Gasteiger partial charge in [0.05, 0.1) is 5.69 Å². The molecular weight excluding hydrogens is 411 g/mol. The summed E-state index contributed by atoms with van der Waals surface area (Å²) < 4.78 is 14.5. The van der Waals surface area contributed by atoms with Crippen LogP contribution in [0.5, 0.6) is 0 Å². The number of nitrogens with zero attached hydrogens (tertiary/aromatic N) is 3. The molecule has 2 amide bonds. The van der Waals surface area contributed by atoms with Crippen molar-refractivity contribution in [2.75, 3.05) is 22.1 Å².